The Kier molecular flexibility index (Phi) is 5.35. The SMILES string of the molecule is COc1cc(-c2cc(-c3c(Cl)cccc3Cl)on2)ccc1OCC(=O)O. The second-order valence-corrected chi connectivity index (χ2v) is 6.04. The third-order valence-corrected chi connectivity index (χ3v) is 4.16. The van der Waals surface area contributed by atoms with Crippen molar-refractivity contribution < 1.29 is 23.9 Å². The molecule has 0 spiro atoms. The Morgan fingerprint density at radius 3 is 2.54 bits per heavy atom. The molecule has 0 amide bonds. The van der Waals surface area contributed by atoms with Crippen LogP contribution in [0.25, 0.3) is 22.6 Å². The number of hydrogen-bond acceptors (Lipinski definition) is 5. The Morgan fingerprint density at radius 2 is 1.88 bits per heavy atom. The highest BCUT2D eigenvalue weighted by molar-refractivity contribution is 6.39. The fourth-order valence-corrected chi connectivity index (χ4v) is 2.93. The van der Waals surface area contributed by atoms with E-state index in [-0.39, 0.29) is 0 Å². The molecule has 1 N–H and O–H groups in total. The first-order valence-electron chi connectivity index (χ1n) is 7.43. The zero-order chi connectivity index (χ0) is 18.7. The predicted octanol–water partition coefficient (Wildman–Crippen LogP) is 4.79. The minimum absolute atomic E-state index is 0.316. The van der Waals surface area contributed by atoms with Gasteiger partial charge < -0.3 is 19.1 Å². The van der Waals surface area contributed by atoms with Crippen LogP contribution in [0.1, 0.15) is 0 Å². The predicted molar refractivity (Wildman–Crippen MR) is 97.1 cm³/mol. The van der Waals surface area contributed by atoms with Gasteiger partial charge in [0.25, 0.3) is 0 Å². The summed E-state index contributed by atoms with van der Waals surface area (Å²) in [6.45, 7) is -0.463. The van der Waals surface area contributed by atoms with Crippen molar-refractivity contribution >= 4 is 29.2 Å². The van der Waals surface area contributed by atoms with Crippen LogP contribution in [0.15, 0.2) is 47.0 Å². The van der Waals surface area contributed by atoms with Gasteiger partial charge in [-0.1, -0.05) is 34.4 Å². The van der Waals surface area contributed by atoms with Crippen molar-refractivity contribution in [3.8, 4) is 34.1 Å². The van der Waals surface area contributed by atoms with Crippen LogP contribution in [0.4, 0.5) is 0 Å². The number of benzene rings is 2. The quantitative estimate of drug-likeness (QED) is 0.648. The molecule has 1 aromatic heterocycles. The molecular weight excluding hydrogens is 381 g/mol. The van der Waals surface area contributed by atoms with Crippen LogP contribution in [-0.4, -0.2) is 29.9 Å². The standard InChI is InChI=1S/C18H13Cl2NO5/c1-24-15-7-10(5-6-14(15)25-9-17(22)23)13-8-16(26-21-13)18-11(19)3-2-4-12(18)20/h2-8H,9H2,1H3,(H,22,23). The molecule has 0 radical (unpaired) electrons. The number of halogens is 2. The Morgan fingerprint density at radius 1 is 1.15 bits per heavy atom. The number of rotatable bonds is 6. The fourth-order valence-electron chi connectivity index (χ4n) is 2.35. The molecule has 8 heteroatoms. The molecule has 26 heavy (non-hydrogen) atoms. The molecular formula is C18H13Cl2NO5. The average molecular weight is 394 g/mol. The largest absolute Gasteiger partial charge is 0.493 e. The van der Waals surface area contributed by atoms with Gasteiger partial charge >= 0.3 is 5.97 Å². The van der Waals surface area contributed by atoms with Crippen molar-refractivity contribution in [1.82, 2.24) is 5.16 Å². The van der Waals surface area contributed by atoms with Gasteiger partial charge in [-0.25, -0.2) is 4.79 Å². The molecule has 0 aliphatic rings. The Balaban J connectivity index is 1.93. The number of carboxylic acid groups (broad SMARTS) is 1. The summed E-state index contributed by atoms with van der Waals surface area (Å²) < 4.78 is 15.8. The van der Waals surface area contributed by atoms with Gasteiger partial charge in [-0.3, -0.25) is 0 Å². The number of hydrogen-bond donors (Lipinski definition) is 1. The fraction of sp³-hybridized carbons (Fsp3) is 0.111. The first kappa shape index (κ1) is 18.1. The summed E-state index contributed by atoms with van der Waals surface area (Å²) in [6.07, 6.45) is 0. The van der Waals surface area contributed by atoms with Crippen molar-refractivity contribution in [3.63, 3.8) is 0 Å². The van der Waals surface area contributed by atoms with E-state index in [0.717, 1.165) is 0 Å². The van der Waals surface area contributed by atoms with Gasteiger partial charge in [-0.2, -0.15) is 0 Å². The van der Waals surface area contributed by atoms with Gasteiger partial charge in [0, 0.05) is 11.6 Å². The number of nitrogens with zero attached hydrogens (tertiary/aromatic N) is 1. The van der Waals surface area contributed by atoms with E-state index in [1.807, 2.05) is 0 Å². The van der Waals surface area contributed by atoms with Crippen LogP contribution >= 0.6 is 23.2 Å². The zero-order valence-electron chi connectivity index (χ0n) is 13.5. The molecule has 3 rings (SSSR count). The monoisotopic (exact) mass is 393 g/mol. The van der Waals surface area contributed by atoms with Crippen molar-refractivity contribution in [1.29, 1.82) is 0 Å². The van der Waals surface area contributed by atoms with Crippen LogP contribution in [0.5, 0.6) is 11.5 Å². The topological polar surface area (TPSA) is 81.8 Å². The second kappa shape index (κ2) is 7.68. The van der Waals surface area contributed by atoms with Gasteiger partial charge in [0.1, 0.15) is 5.69 Å². The summed E-state index contributed by atoms with van der Waals surface area (Å²) in [5.41, 5.74) is 1.80. The average Bonchev–Trinajstić information content (AvgIpc) is 3.09. The van der Waals surface area contributed by atoms with Crippen LogP contribution in [0.2, 0.25) is 10.0 Å². The lowest BCUT2D eigenvalue weighted by molar-refractivity contribution is -0.139. The normalized spacial score (nSPS) is 10.6. The molecule has 0 saturated carbocycles. The van der Waals surface area contributed by atoms with Crippen LogP contribution in [0, 0.1) is 0 Å². The van der Waals surface area contributed by atoms with E-state index in [1.54, 1.807) is 42.5 Å². The first-order valence-corrected chi connectivity index (χ1v) is 8.19. The van der Waals surface area contributed by atoms with Crippen molar-refractivity contribution in [2.24, 2.45) is 0 Å². The molecule has 3 aromatic rings. The maximum absolute atomic E-state index is 10.6. The minimum atomic E-state index is -1.08. The highest BCUT2D eigenvalue weighted by Crippen LogP contribution is 2.38. The van der Waals surface area contributed by atoms with Gasteiger partial charge in [-0.05, 0) is 30.3 Å². The number of ether oxygens (including phenoxy) is 2. The molecule has 0 unspecified atom stereocenters. The lowest BCUT2D eigenvalue weighted by Gasteiger charge is -2.09. The number of aliphatic carboxylic acids is 1. The zero-order valence-corrected chi connectivity index (χ0v) is 15.0. The highest BCUT2D eigenvalue weighted by atomic mass is 35.5. The van der Waals surface area contributed by atoms with Crippen molar-refractivity contribution in [2.75, 3.05) is 13.7 Å². The molecule has 0 saturated heterocycles. The van der Waals surface area contributed by atoms with Crippen LogP contribution in [0.3, 0.4) is 0 Å². The summed E-state index contributed by atoms with van der Waals surface area (Å²) in [6, 6.07) is 11.9. The van der Waals surface area contributed by atoms with E-state index in [4.69, 9.17) is 42.3 Å². The van der Waals surface area contributed by atoms with Crippen molar-refractivity contribution in [2.45, 2.75) is 0 Å². The number of methoxy groups -OCH3 is 1. The molecule has 0 atom stereocenters. The summed E-state index contributed by atoms with van der Waals surface area (Å²) >= 11 is 12.4. The Labute approximate surface area is 158 Å². The second-order valence-electron chi connectivity index (χ2n) is 5.22. The minimum Gasteiger partial charge on any atom is -0.493 e. The van der Waals surface area contributed by atoms with E-state index in [0.29, 0.717) is 44.1 Å². The maximum atomic E-state index is 10.6. The third-order valence-electron chi connectivity index (χ3n) is 3.53. The Bertz CT molecular complexity index is 934. The molecule has 0 aliphatic carbocycles. The lowest BCUT2D eigenvalue weighted by atomic mass is 10.1. The number of aromatic nitrogens is 1. The molecule has 1 heterocycles. The van der Waals surface area contributed by atoms with E-state index < -0.39 is 12.6 Å². The number of carboxylic acids is 1. The molecule has 0 fully saturated rings. The third kappa shape index (κ3) is 3.76. The summed E-state index contributed by atoms with van der Waals surface area (Å²) in [7, 11) is 1.46. The number of carbonyl (C=O) groups is 1. The maximum Gasteiger partial charge on any atom is 0.341 e. The molecule has 0 bridgehead atoms. The molecule has 134 valence electrons. The summed E-state index contributed by atoms with van der Waals surface area (Å²) in [5, 5.41) is 13.7. The van der Waals surface area contributed by atoms with Gasteiger partial charge in [0.05, 0.1) is 22.7 Å². The highest BCUT2D eigenvalue weighted by Gasteiger charge is 2.16. The Hall–Kier alpha value is -2.70. The molecule has 2 aromatic carbocycles. The summed E-state index contributed by atoms with van der Waals surface area (Å²) in [4.78, 5) is 10.6. The van der Waals surface area contributed by atoms with E-state index in [1.165, 1.54) is 7.11 Å². The van der Waals surface area contributed by atoms with Gasteiger partial charge in [-0.15, -0.1) is 0 Å². The summed E-state index contributed by atoms with van der Waals surface area (Å²) in [5.74, 6) is 0.0512. The molecule has 0 aliphatic heterocycles. The van der Waals surface area contributed by atoms with E-state index in [2.05, 4.69) is 5.16 Å². The lowest BCUT2D eigenvalue weighted by Crippen LogP contribution is -2.10. The van der Waals surface area contributed by atoms with E-state index >= 15 is 0 Å². The van der Waals surface area contributed by atoms with E-state index in [9.17, 15) is 4.79 Å². The van der Waals surface area contributed by atoms with Crippen LogP contribution in [-0.2, 0) is 4.79 Å². The van der Waals surface area contributed by atoms with Gasteiger partial charge in [0.2, 0.25) is 0 Å². The van der Waals surface area contributed by atoms with Gasteiger partial charge in [0.15, 0.2) is 23.9 Å². The van der Waals surface area contributed by atoms with Crippen LogP contribution < -0.4 is 9.47 Å². The first-order chi connectivity index (χ1) is 12.5. The van der Waals surface area contributed by atoms with Crippen molar-refractivity contribution in [3.05, 3.63) is 52.5 Å². The molecule has 6 nitrogen and oxygen atoms in total. The smallest absolute Gasteiger partial charge is 0.341 e.